The van der Waals surface area contributed by atoms with Gasteiger partial charge in [-0.2, -0.15) is 0 Å². The Morgan fingerprint density at radius 3 is 2.79 bits per heavy atom. The Bertz CT molecular complexity index is 350. The lowest BCUT2D eigenvalue weighted by atomic mass is 10.3. The molecule has 0 fully saturated rings. The average Bonchev–Trinajstić information content (AvgIpc) is 2.40. The fourth-order valence-corrected chi connectivity index (χ4v) is 1.40. The number of phenolic OH excluding ortho intramolecular Hbond substituents is 1. The smallest absolute Gasteiger partial charge is 0.368 e. The molecular weight excluding hydrogens is 184 g/mol. The minimum absolute atomic E-state index is 0.146. The van der Waals surface area contributed by atoms with E-state index in [4.69, 9.17) is 14.2 Å². The molecule has 0 amide bonds. The van der Waals surface area contributed by atoms with Crippen LogP contribution in [0.4, 0.5) is 0 Å². The van der Waals surface area contributed by atoms with E-state index >= 15 is 0 Å². The standard InChI is InChI=1S/C10H12O4/c1-3-12-10(2)13-8-5-4-7(11)6-9(8)14-10/h4-6,11H,3H2,1-2H3. The molecule has 1 heterocycles. The molecule has 1 atom stereocenters. The molecule has 1 aliphatic heterocycles. The maximum absolute atomic E-state index is 9.22. The molecule has 1 aromatic carbocycles. The van der Waals surface area contributed by atoms with Crippen molar-refractivity contribution >= 4 is 0 Å². The van der Waals surface area contributed by atoms with Crippen LogP contribution in [-0.4, -0.2) is 17.7 Å². The van der Waals surface area contributed by atoms with Gasteiger partial charge < -0.3 is 19.3 Å². The summed E-state index contributed by atoms with van der Waals surface area (Å²) in [6.45, 7) is 4.04. The van der Waals surface area contributed by atoms with Crippen LogP contribution in [0.2, 0.25) is 0 Å². The van der Waals surface area contributed by atoms with Crippen molar-refractivity contribution in [1.29, 1.82) is 0 Å². The zero-order chi connectivity index (χ0) is 10.2. The van der Waals surface area contributed by atoms with Crippen molar-refractivity contribution in [2.75, 3.05) is 6.61 Å². The first-order chi connectivity index (χ1) is 6.63. The third-order valence-electron chi connectivity index (χ3n) is 1.92. The summed E-state index contributed by atoms with van der Waals surface area (Å²) >= 11 is 0. The Morgan fingerprint density at radius 2 is 2.07 bits per heavy atom. The van der Waals surface area contributed by atoms with Gasteiger partial charge in [0.1, 0.15) is 5.75 Å². The highest BCUT2D eigenvalue weighted by Gasteiger charge is 2.37. The van der Waals surface area contributed by atoms with E-state index in [1.807, 2.05) is 6.92 Å². The van der Waals surface area contributed by atoms with Gasteiger partial charge in [-0.15, -0.1) is 0 Å². The van der Waals surface area contributed by atoms with Gasteiger partial charge in [0.2, 0.25) is 0 Å². The van der Waals surface area contributed by atoms with Crippen LogP contribution < -0.4 is 9.47 Å². The van der Waals surface area contributed by atoms with Crippen LogP contribution in [0.1, 0.15) is 13.8 Å². The number of hydrogen-bond acceptors (Lipinski definition) is 4. The maximum atomic E-state index is 9.22. The van der Waals surface area contributed by atoms with Crippen LogP contribution in [0.3, 0.4) is 0 Å². The van der Waals surface area contributed by atoms with Crippen molar-refractivity contribution in [2.24, 2.45) is 0 Å². The molecule has 1 aromatic rings. The van der Waals surface area contributed by atoms with E-state index in [9.17, 15) is 5.11 Å². The highest BCUT2D eigenvalue weighted by Crippen LogP contribution is 2.41. The van der Waals surface area contributed by atoms with Crippen LogP contribution in [0, 0.1) is 0 Å². The second kappa shape index (κ2) is 3.06. The first kappa shape index (κ1) is 9.15. The summed E-state index contributed by atoms with van der Waals surface area (Å²) in [5.41, 5.74) is 0. The SMILES string of the molecule is CCOC1(C)Oc2ccc(O)cc2O1. The van der Waals surface area contributed by atoms with Crippen molar-refractivity contribution in [2.45, 2.75) is 19.8 Å². The lowest BCUT2D eigenvalue weighted by Gasteiger charge is -2.21. The summed E-state index contributed by atoms with van der Waals surface area (Å²) in [7, 11) is 0. The fraction of sp³-hybridized carbons (Fsp3) is 0.400. The molecular formula is C10H12O4. The minimum atomic E-state index is -1.06. The van der Waals surface area contributed by atoms with Gasteiger partial charge in [0.15, 0.2) is 11.5 Å². The van der Waals surface area contributed by atoms with E-state index in [0.29, 0.717) is 18.1 Å². The summed E-state index contributed by atoms with van der Waals surface area (Å²) < 4.78 is 16.1. The van der Waals surface area contributed by atoms with Crippen molar-refractivity contribution in [1.82, 2.24) is 0 Å². The Hall–Kier alpha value is -1.42. The predicted molar refractivity (Wildman–Crippen MR) is 49.4 cm³/mol. The zero-order valence-electron chi connectivity index (χ0n) is 8.11. The largest absolute Gasteiger partial charge is 0.508 e. The molecule has 0 saturated heterocycles. The van der Waals surface area contributed by atoms with E-state index in [-0.39, 0.29) is 5.75 Å². The third-order valence-corrected chi connectivity index (χ3v) is 1.92. The number of fused-ring (bicyclic) bond motifs is 1. The molecule has 4 heteroatoms. The number of benzene rings is 1. The molecule has 0 aliphatic carbocycles. The van der Waals surface area contributed by atoms with Crippen molar-refractivity contribution in [3.8, 4) is 17.2 Å². The first-order valence-corrected chi connectivity index (χ1v) is 4.48. The molecule has 4 nitrogen and oxygen atoms in total. The Labute approximate surface area is 82.0 Å². The normalized spacial score (nSPS) is 23.9. The average molecular weight is 196 g/mol. The second-order valence-electron chi connectivity index (χ2n) is 3.13. The van der Waals surface area contributed by atoms with Gasteiger partial charge in [-0.25, -0.2) is 0 Å². The molecule has 76 valence electrons. The van der Waals surface area contributed by atoms with Gasteiger partial charge in [0, 0.05) is 13.0 Å². The Balaban J connectivity index is 2.25. The number of aromatic hydroxyl groups is 1. The summed E-state index contributed by atoms with van der Waals surface area (Å²) in [5, 5.41) is 9.22. The molecule has 1 aliphatic rings. The van der Waals surface area contributed by atoms with Gasteiger partial charge in [-0.05, 0) is 19.1 Å². The lowest BCUT2D eigenvalue weighted by Crippen LogP contribution is -2.37. The first-order valence-electron chi connectivity index (χ1n) is 4.48. The van der Waals surface area contributed by atoms with Gasteiger partial charge in [0.05, 0.1) is 6.61 Å². The second-order valence-corrected chi connectivity index (χ2v) is 3.13. The van der Waals surface area contributed by atoms with E-state index in [0.717, 1.165) is 0 Å². The molecule has 0 bridgehead atoms. The van der Waals surface area contributed by atoms with Gasteiger partial charge >= 0.3 is 5.97 Å². The van der Waals surface area contributed by atoms with E-state index in [2.05, 4.69) is 0 Å². The topological polar surface area (TPSA) is 47.9 Å². The van der Waals surface area contributed by atoms with Crippen LogP contribution in [-0.2, 0) is 4.74 Å². The quantitative estimate of drug-likeness (QED) is 0.784. The third kappa shape index (κ3) is 1.48. The van der Waals surface area contributed by atoms with Crippen molar-refractivity contribution < 1.29 is 19.3 Å². The predicted octanol–water partition coefficient (Wildman–Crippen LogP) is 1.87. The molecule has 1 unspecified atom stereocenters. The maximum Gasteiger partial charge on any atom is 0.368 e. The highest BCUT2D eigenvalue weighted by atomic mass is 16.9. The van der Waals surface area contributed by atoms with Crippen LogP contribution in [0.15, 0.2) is 18.2 Å². The van der Waals surface area contributed by atoms with Gasteiger partial charge in [0.25, 0.3) is 0 Å². The fourth-order valence-electron chi connectivity index (χ4n) is 1.40. The van der Waals surface area contributed by atoms with Crippen LogP contribution >= 0.6 is 0 Å². The van der Waals surface area contributed by atoms with Crippen LogP contribution in [0.5, 0.6) is 17.2 Å². The van der Waals surface area contributed by atoms with Gasteiger partial charge in [-0.3, -0.25) is 0 Å². The number of hydrogen-bond donors (Lipinski definition) is 1. The van der Waals surface area contributed by atoms with Crippen molar-refractivity contribution in [3.05, 3.63) is 18.2 Å². The molecule has 0 saturated carbocycles. The minimum Gasteiger partial charge on any atom is -0.508 e. The summed E-state index contributed by atoms with van der Waals surface area (Å²) in [4.78, 5) is 0. The highest BCUT2D eigenvalue weighted by molar-refractivity contribution is 5.47. The Morgan fingerprint density at radius 1 is 1.36 bits per heavy atom. The van der Waals surface area contributed by atoms with E-state index in [1.54, 1.807) is 19.1 Å². The van der Waals surface area contributed by atoms with Crippen molar-refractivity contribution in [3.63, 3.8) is 0 Å². The molecule has 1 N–H and O–H groups in total. The molecule has 14 heavy (non-hydrogen) atoms. The lowest BCUT2D eigenvalue weighted by molar-refractivity contribution is -0.266. The molecule has 0 aromatic heterocycles. The number of rotatable bonds is 2. The summed E-state index contributed by atoms with van der Waals surface area (Å²) in [6, 6.07) is 4.69. The molecule has 2 rings (SSSR count). The van der Waals surface area contributed by atoms with E-state index < -0.39 is 5.97 Å². The number of ether oxygens (including phenoxy) is 3. The molecule has 0 radical (unpaired) electrons. The molecule has 0 spiro atoms. The van der Waals surface area contributed by atoms with E-state index in [1.165, 1.54) is 6.07 Å². The summed E-state index contributed by atoms with van der Waals surface area (Å²) in [5.74, 6) is 0.165. The number of phenols is 1. The monoisotopic (exact) mass is 196 g/mol. The summed E-state index contributed by atoms with van der Waals surface area (Å²) in [6.07, 6.45) is 0. The van der Waals surface area contributed by atoms with Crippen LogP contribution in [0.25, 0.3) is 0 Å². The zero-order valence-corrected chi connectivity index (χ0v) is 8.11. The van der Waals surface area contributed by atoms with Gasteiger partial charge in [-0.1, -0.05) is 0 Å². The Kier molecular flexibility index (Phi) is 2.00.